The molecule has 1 nitrogen and oxygen atoms in total. The Morgan fingerprint density at radius 2 is 1.30 bits per heavy atom. The first-order valence-corrected chi connectivity index (χ1v) is 12.3. The molecule has 0 aromatic heterocycles. The van der Waals surface area contributed by atoms with Gasteiger partial charge in [0.1, 0.15) is 0 Å². The highest BCUT2D eigenvalue weighted by Gasteiger charge is 2.21. The fourth-order valence-corrected chi connectivity index (χ4v) is 3.97. The van der Waals surface area contributed by atoms with Crippen molar-refractivity contribution < 1.29 is 0 Å². The van der Waals surface area contributed by atoms with Crippen molar-refractivity contribution in [2.75, 3.05) is 11.9 Å². The van der Waals surface area contributed by atoms with E-state index in [4.69, 9.17) is 0 Å². The van der Waals surface area contributed by atoms with Crippen LogP contribution in [0.4, 0.5) is 5.69 Å². The van der Waals surface area contributed by atoms with Crippen molar-refractivity contribution >= 4 is 21.6 Å². The Labute approximate surface area is 178 Å². The maximum Gasteiger partial charge on any atom is 0.0379 e. The predicted octanol–water partition coefficient (Wildman–Crippen LogP) is 9.25. The van der Waals surface area contributed by atoms with E-state index in [2.05, 4.69) is 67.1 Å². The average molecular weight is 439 g/mol. The smallest absolute Gasteiger partial charge is 0.0379 e. The summed E-state index contributed by atoms with van der Waals surface area (Å²) in [4.78, 5) is 0. The molecular weight excluding hydrogens is 394 g/mol. The first-order valence-electron chi connectivity index (χ1n) is 11.5. The van der Waals surface area contributed by atoms with Gasteiger partial charge in [-0.3, -0.25) is 0 Å². The number of rotatable bonds is 16. The Hall–Kier alpha value is -0.500. The van der Waals surface area contributed by atoms with E-state index in [0.717, 1.165) is 13.0 Å². The highest BCUT2D eigenvalue weighted by molar-refractivity contribution is 9.10. The molecule has 0 amide bonds. The average Bonchev–Trinajstić information content (AvgIpc) is 2.66. The third-order valence-electron chi connectivity index (χ3n) is 5.94. The monoisotopic (exact) mass is 437 g/mol. The lowest BCUT2D eigenvalue weighted by Gasteiger charge is -2.27. The summed E-state index contributed by atoms with van der Waals surface area (Å²) in [5.74, 6) is 0. The van der Waals surface area contributed by atoms with Gasteiger partial charge in [0, 0.05) is 16.7 Å². The number of hydrogen-bond donors (Lipinski definition) is 1. The maximum absolute atomic E-state index is 3.70. The van der Waals surface area contributed by atoms with Crippen molar-refractivity contribution in [2.45, 2.75) is 117 Å². The van der Waals surface area contributed by atoms with Crippen LogP contribution >= 0.6 is 15.9 Å². The number of nitrogens with one attached hydrogen (secondary N) is 1. The zero-order valence-electron chi connectivity index (χ0n) is 18.5. The highest BCUT2D eigenvalue weighted by Crippen LogP contribution is 2.34. The van der Waals surface area contributed by atoms with Gasteiger partial charge in [-0.15, -0.1) is 0 Å². The minimum absolute atomic E-state index is 0.211. The van der Waals surface area contributed by atoms with Crippen LogP contribution < -0.4 is 5.32 Å². The molecule has 0 atom stereocenters. The molecule has 1 N–H and O–H groups in total. The Balaban J connectivity index is 2.12. The maximum atomic E-state index is 3.70. The quantitative estimate of drug-likeness (QED) is 0.254. The van der Waals surface area contributed by atoms with E-state index in [1.165, 1.54) is 92.8 Å². The van der Waals surface area contributed by atoms with Crippen molar-refractivity contribution in [1.82, 2.24) is 0 Å². The molecular formula is C25H44BrN. The van der Waals surface area contributed by atoms with Gasteiger partial charge in [-0.25, -0.2) is 0 Å². The van der Waals surface area contributed by atoms with Gasteiger partial charge in [-0.1, -0.05) is 114 Å². The fourth-order valence-electron chi connectivity index (χ4n) is 3.61. The molecule has 0 fully saturated rings. The summed E-state index contributed by atoms with van der Waals surface area (Å²) in [6.45, 7) is 10.3. The lowest BCUT2D eigenvalue weighted by atomic mass is 9.81. The fraction of sp³-hybridized carbons (Fsp3) is 0.760. The molecule has 0 saturated heterocycles. The summed E-state index contributed by atoms with van der Waals surface area (Å²) < 4.78 is 1.18. The SMILES string of the molecule is CCCCCCCCCCCCCCNc1ccc(Br)cc1C(C)(C)CC. The molecule has 156 valence electrons. The summed E-state index contributed by atoms with van der Waals surface area (Å²) in [5.41, 5.74) is 2.95. The molecule has 0 spiro atoms. The molecule has 0 aliphatic carbocycles. The van der Waals surface area contributed by atoms with Crippen LogP contribution in [0.2, 0.25) is 0 Å². The Morgan fingerprint density at radius 3 is 1.81 bits per heavy atom. The van der Waals surface area contributed by atoms with E-state index in [0.29, 0.717) is 0 Å². The third kappa shape index (κ3) is 10.6. The minimum Gasteiger partial charge on any atom is -0.385 e. The Morgan fingerprint density at radius 1 is 0.778 bits per heavy atom. The van der Waals surface area contributed by atoms with E-state index in [1.807, 2.05) is 0 Å². The summed E-state index contributed by atoms with van der Waals surface area (Å²) in [6, 6.07) is 6.67. The van der Waals surface area contributed by atoms with E-state index in [1.54, 1.807) is 0 Å². The molecule has 2 heteroatoms. The van der Waals surface area contributed by atoms with E-state index in [-0.39, 0.29) is 5.41 Å². The molecule has 0 saturated carbocycles. The molecule has 27 heavy (non-hydrogen) atoms. The minimum atomic E-state index is 0.211. The Kier molecular flexibility index (Phi) is 13.2. The van der Waals surface area contributed by atoms with Gasteiger partial charge in [-0.05, 0) is 42.0 Å². The first kappa shape index (κ1) is 24.5. The van der Waals surface area contributed by atoms with Crippen molar-refractivity contribution in [3.05, 3.63) is 28.2 Å². The second-order valence-electron chi connectivity index (χ2n) is 8.74. The van der Waals surface area contributed by atoms with Gasteiger partial charge in [-0.2, -0.15) is 0 Å². The predicted molar refractivity (Wildman–Crippen MR) is 127 cm³/mol. The first-order chi connectivity index (χ1) is 13.0. The summed E-state index contributed by atoms with van der Waals surface area (Å²) in [5, 5.41) is 3.70. The molecule has 0 radical (unpaired) electrons. The van der Waals surface area contributed by atoms with Crippen LogP contribution in [0.15, 0.2) is 22.7 Å². The number of unbranched alkanes of at least 4 members (excludes halogenated alkanes) is 11. The number of benzene rings is 1. The van der Waals surface area contributed by atoms with Gasteiger partial charge < -0.3 is 5.32 Å². The summed E-state index contributed by atoms with van der Waals surface area (Å²) in [6.07, 6.45) is 18.0. The van der Waals surface area contributed by atoms with Gasteiger partial charge in [0.05, 0.1) is 0 Å². The van der Waals surface area contributed by atoms with Crippen LogP contribution in [0.1, 0.15) is 117 Å². The van der Waals surface area contributed by atoms with Gasteiger partial charge >= 0.3 is 0 Å². The van der Waals surface area contributed by atoms with Crippen LogP contribution in [0.3, 0.4) is 0 Å². The van der Waals surface area contributed by atoms with E-state index < -0.39 is 0 Å². The molecule has 1 rings (SSSR count). The van der Waals surface area contributed by atoms with Crippen LogP contribution in [0, 0.1) is 0 Å². The number of anilines is 1. The Bertz CT molecular complexity index is 495. The lowest BCUT2D eigenvalue weighted by molar-refractivity contribution is 0.507. The van der Waals surface area contributed by atoms with E-state index >= 15 is 0 Å². The summed E-state index contributed by atoms with van der Waals surface area (Å²) >= 11 is 3.63. The zero-order chi connectivity index (χ0) is 20.0. The molecule has 0 aliphatic heterocycles. The number of halogens is 1. The zero-order valence-corrected chi connectivity index (χ0v) is 20.1. The molecule has 1 aromatic carbocycles. The highest BCUT2D eigenvalue weighted by atomic mass is 79.9. The topological polar surface area (TPSA) is 12.0 Å². The molecule has 0 aliphatic rings. The standard InChI is InChI=1S/C25H44BrN/c1-5-7-8-9-10-11-12-13-14-15-16-17-20-27-24-19-18-22(26)21-23(24)25(3,4)6-2/h18-19,21,27H,5-17,20H2,1-4H3. The van der Waals surface area contributed by atoms with Crippen molar-refractivity contribution in [3.8, 4) is 0 Å². The lowest BCUT2D eigenvalue weighted by Crippen LogP contribution is -2.18. The van der Waals surface area contributed by atoms with Gasteiger partial charge in [0.25, 0.3) is 0 Å². The van der Waals surface area contributed by atoms with Crippen molar-refractivity contribution in [1.29, 1.82) is 0 Å². The van der Waals surface area contributed by atoms with Crippen LogP contribution in [0.5, 0.6) is 0 Å². The second-order valence-corrected chi connectivity index (χ2v) is 9.66. The third-order valence-corrected chi connectivity index (χ3v) is 6.43. The normalized spacial score (nSPS) is 11.7. The van der Waals surface area contributed by atoms with E-state index in [9.17, 15) is 0 Å². The van der Waals surface area contributed by atoms with Gasteiger partial charge in [0.2, 0.25) is 0 Å². The van der Waals surface area contributed by atoms with Crippen LogP contribution in [0.25, 0.3) is 0 Å². The number of hydrogen-bond acceptors (Lipinski definition) is 1. The molecule has 0 unspecified atom stereocenters. The second kappa shape index (κ2) is 14.5. The van der Waals surface area contributed by atoms with Crippen LogP contribution in [-0.2, 0) is 5.41 Å². The van der Waals surface area contributed by atoms with Crippen molar-refractivity contribution in [3.63, 3.8) is 0 Å². The molecule has 0 heterocycles. The van der Waals surface area contributed by atoms with Gasteiger partial charge in [0.15, 0.2) is 0 Å². The largest absolute Gasteiger partial charge is 0.385 e. The summed E-state index contributed by atoms with van der Waals surface area (Å²) in [7, 11) is 0. The molecule has 0 bridgehead atoms. The van der Waals surface area contributed by atoms with Crippen molar-refractivity contribution in [2.24, 2.45) is 0 Å². The molecule has 1 aromatic rings. The van der Waals surface area contributed by atoms with Crippen LogP contribution in [-0.4, -0.2) is 6.54 Å².